The van der Waals surface area contributed by atoms with Gasteiger partial charge in [-0.25, -0.2) is 9.59 Å². The molecule has 0 saturated heterocycles. The molecule has 0 aliphatic heterocycles. The third-order valence-corrected chi connectivity index (χ3v) is 5.18. The molecule has 0 unspecified atom stereocenters. The number of rotatable bonds is 18. The highest BCUT2D eigenvalue weighted by molar-refractivity contribution is 5.93. The van der Waals surface area contributed by atoms with Gasteiger partial charge >= 0.3 is 11.9 Å². The normalized spacial score (nSPS) is 10.8. The molecule has 0 fully saturated rings. The second-order valence-electron chi connectivity index (χ2n) is 7.80. The van der Waals surface area contributed by atoms with Crippen LogP contribution < -0.4 is 14.2 Å². The monoisotopic (exact) mass is 448 g/mol. The molecule has 6 nitrogen and oxygen atoms in total. The third kappa shape index (κ3) is 12.4. The summed E-state index contributed by atoms with van der Waals surface area (Å²) in [5.41, 5.74) is 0. The fraction of sp³-hybridized carbons (Fsp3) is 0.615. The highest BCUT2D eigenvalue weighted by Crippen LogP contribution is 2.36. The van der Waals surface area contributed by atoms with Crippen LogP contribution in [0, 0.1) is 0 Å². The predicted octanol–water partition coefficient (Wildman–Crippen LogP) is 6.41. The Morgan fingerprint density at radius 1 is 0.719 bits per heavy atom. The number of benzene rings is 1. The molecule has 0 amide bonds. The van der Waals surface area contributed by atoms with Crippen LogP contribution in [0.2, 0.25) is 0 Å². The average Bonchev–Trinajstić information content (AvgIpc) is 2.80. The van der Waals surface area contributed by atoms with Crippen molar-refractivity contribution in [1.82, 2.24) is 0 Å². The second kappa shape index (κ2) is 18.1. The van der Waals surface area contributed by atoms with E-state index in [0.29, 0.717) is 18.1 Å². The SMILES string of the molecule is CCCCCCCCCCCCCCOC(=O)/C=C/C(=O)Oc1c(OC)cccc1OC. The first-order chi connectivity index (χ1) is 15.6. The summed E-state index contributed by atoms with van der Waals surface area (Å²) in [7, 11) is 2.93. The Bertz CT molecular complexity index is 661. The van der Waals surface area contributed by atoms with Crippen LogP contribution in [0.3, 0.4) is 0 Å². The van der Waals surface area contributed by atoms with E-state index in [2.05, 4.69) is 6.92 Å². The van der Waals surface area contributed by atoms with Gasteiger partial charge in [0.15, 0.2) is 11.5 Å². The molecule has 180 valence electrons. The van der Waals surface area contributed by atoms with Crippen LogP contribution in [0.4, 0.5) is 0 Å². The van der Waals surface area contributed by atoms with E-state index in [0.717, 1.165) is 31.4 Å². The maximum Gasteiger partial charge on any atom is 0.336 e. The van der Waals surface area contributed by atoms with Gasteiger partial charge in [-0.3, -0.25) is 0 Å². The van der Waals surface area contributed by atoms with Crippen LogP contribution in [-0.4, -0.2) is 32.8 Å². The van der Waals surface area contributed by atoms with Crippen molar-refractivity contribution in [2.75, 3.05) is 20.8 Å². The van der Waals surface area contributed by atoms with E-state index in [-0.39, 0.29) is 5.75 Å². The van der Waals surface area contributed by atoms with Crippen LogP contribution in [0.5, 0.6) is 17.2 Å². The third-order valence-electron chi connectivity index (χ3n) is 5.18. The second-order valence-corrected chi connectivity index (χ2v) is 7.80. The molecule has 0 spiro atoms. The minimum atomic E-state index is -0.713. The Morgan fingerprint density at radius 3 is 1.69 bits per heavy atom. The van der Waals surface area contributed by atoms with Crippen molar-refractivity contribution in [3.05, 3.63) is 30.4 Å². The summed E-state index contributed by atoms with van der Waals surface area (Å²) in [4.78, 5) is 23.8. The molecular formula is C26H40O6. The first-order valence-corrected chi connectivity index (χ1v) is 11.9. The van der Waals surface area contributed by atoms with Gasteiger partial charge in [-0.1, -0.05) is 83.6 Å². The number of hydrogen-bond acceptors (Lipinski definition) is 6. The summed E-state index contributed by atoms with van der Waals surface area (Å²) in [5, 5.41) is 0. The Morgan fingerprint density at radius 2 is 1.19 bits per heavy atom. The van der Waals surface area contributed by atoms with E-state index in [1.54, 1.807) is 18.2 Å². The zero-order valence-electron chi connectivity index (χ0n) is 20.0. The lowest BCUT2D eigenvalue weighted by Crippen LogP contribution is -2.08. The van der Waals surface area contributed by atoms with Gasteiger partial charge in [0.05, 0.1) is 20.8 Å². The number of ether oxygens (including phenoxy) is 4. The molecule has 0 saturated carbocycles. The van der Waals surface area contributed by atoms with Gasteiger partial charge < -0.3 is 18.9 Å². The zero-order chi connectivity index (χ0) is 23.4. The Balaban J connectivity index is 2.12. The molecule has 0 atom stereocenters. The Hall–Kier alpha value is -2.50. The number of unbranched alkanes of at least 4 members (excludes halogenated alkanes) is 11. The van der Waals surface area contributed by atoms with Crippen molar-refractivity contribution >= 4 is 11.9 Å². The minimum Gasteiger partial charge on any atom is -0.493 e. The fourth-order valence-corrected chi connectivity index (χ4v) is 3.35. The first kappa shape index (κ1) is 27.5. The largest absolute Gasteiger partial charge is 0.493 e. The van der Waals surface area contributed by atoms with Crippen molar-refractivity contribution in [3.8, 4) is 17.2 Å². The van der Waals surface area contributed by atoms with E-state index in [1.165, 1.54) is 72.0 Å². The Labute approximate surface area is 193 Å². The summed E-state index contributed by atoms with van der Waals surface area (Å²) < 4.78 is 20.7. The van der Waals surface area contributed by atoms with E-state index < -0.39 is 11.9 Å². The van der Waals surface area contributed by atoms with Gasteiger partial charge in [-0.2, -0.15) is 0 Å². The van der Waals surface area contributed by atoms with Gasteiger partial charge in [0.25, 0.3) is 0 Å². The van der Waals surface area contributed by atoms with Gasteiger partial charge in [0.2, 0.25) is 5.75 Å². The number of methoxy groups -OCH3 is 2. The summed E-state index contributed by atoms with van der Waals surface area (Å²) >= 11 is 0. The molecule has 0 aliphatic carbocycles. The number of carbonyl (C=O) groups excluding carboxylic acids is 2. The van der Waals surface area contributed by atoms with Gasteiger partial charge in [-0.15, -0.1) is 0 Å². The lowest BCUT2D eigenvalue weighted by molar-refractivity contribution is -0.138. The zero-order valence-corrected chi connectivity index (χ0v) is 20.0. The maximum atomic E-state index is 12.0. The number of para-hydroxylation sites is 1. The van der Waals surface area contributed by atoms with Crippen LogP contribution in [-0.2, 0) is 14.3 Å². The molecule has 0 bridgehead atoms. The minimum absolute atomic E-state index is 0.164. The molecule has 0 aliphatic rings. The lowest BCUT2D eigenvalue weighted by Gasteiger charge is -2.11. The van der Waals surface area contributed by atoms with E-state index in [9.17, 15) is 9.59 Å². The molecular weight excluding hydrogens is 408 g/mol. The molecule has 1 rings (SSSR count). The van der Waals surface area contributed by atoms with Gasteiger partial charge in [0.1, 0.15) is 0 Å². The van der Waals surface area contributed by atoms with Crippen LogP contribution >= 0.6 is 0 Å². The molecule has 1 aromatic carbocycles. The van der Waals surface area contributed by atoms with Crippen molar-refractivity contribution in [2.45, 2.75) is 84.0 Å². The maximum absolute atomic E-state index is 12.0. The van der Waals surface area contributed by atoms with E-state index in [4.69, 9.17) is 18.9 Å². The highest BCUT2D eigenvalue weighted by atomic mass is 16.6. The van der Waals surface area contributed by atoms with Crippen molar-refractivity contribution in [3.63, 3.8) is 0 Å². The standard InChI is InChI=1S/C26H40O6/c1-4-5-6-7-8-9-10-11-12-13-14-15-21-31-24(27)19-20-25(28)32-26-22(29-2)17-16-18-23(26)30-3/h16-20H,4-15,21H2,1-3H3/b20-19+. The number of esters is 2. The number of carbonyl (C=O) groups is 2. The van der Waals surface area contributed by atoms with Crippen LogP contribution in [0.1, 0.15) is 84.0 Å². The topological polar surface area (TPSA) is 71.1 Å². The summed E-state index contributed by atoms with van der Waals surface area (Å²) in [6, 6.07) is 5.02. The van der Waals surface area contributed by atoms with E-state index >= 15 is 0 Å². The summed E-state index contributed by atoms with van der Waals surface area (Å²) in [6.07, 6.45) is 17.1. The fourth-order valence-electron chi connectivity index (χ4n) is 3.35. The quantitative estimate of drug-likeness (QED) is 0.112. The molecule has 1 aromatic rings. The Kier molecular flexibility index (Phi) is 15.6. The van der Waals surface area contributed by atoms with Crippen molar-refractivity contribution in [1.29, 1.82) is 0 Å². The smallest absolute Gasteiger partial charge is 0.336 e. The summed E-state index contributed by atoms with van der Waals surface area (Å²) in [5.74, 6) is -0.384. The lowest BCUT2D eigenvalue weighted by atomic mass is 10.1. The molecule has 0 aromatic heterocycles. The number of hydrogen-bond donors (Lipinski definition) is 0. The average molecular weight is 449 g/mol. The molecule has 0 heterocycles. The summed E-state index contributed by atoms with van der Waals surface area (Å²) in [6.45, 7) is 2.60. The molecule has 6 heteroatoms. The highest BCUT2D eigenvalue weighted by Gasteiger charge is 2.14. The molecule has 32 heavy (non-hydrogen) atoms. The van der Waals surface area contributed by atoms with Crippen molar-refractivity contribution in [2.24, 2.45) is 0 Å². The van der Waals surface area contributed by atoms with Crippen LogP contribution in [0.25, 0.3) is 0 Å². The van der Waals surface area contributed by atoms with Gasteiger partial charge in [-0.05, 0) is 18.6 Å². The van der Waals surface area contributed by atoms with Crippen LogP contribution in [0.15, 0.2) is 30.4 Å². The van der Waals surface area contributed by atoms with Gasteiger partial charge in [0, 0.05) is 12.2 Å². The van der Waals surface area contributed by atoms with Crippen molar-refractivity contribution < 1.29 is 28.5 Å². The molecule has 0 N–H and O–H groups in total. The van der Waals surface area contributed by atoms with E-state index in [1.807, 2.05) is 0 Å². The molecule has 0 radical (unpaired) electrons. The first-order valence-electron chi connectivity index (χ1n) is 11.9. The predicted molar refractivity (Wildman–Crippen MR) is 126 cm³/mol.